The van der Waals surface area contributed by atoms with Gasteiger partial charge in [-0.2, -0.15) is 0 Å². The van der Waals surface area contributed by atoms with Gasteiger partial charge in [-0.05, 0) is 32.0 Å². The van der Waals surface area contributed by atoms with Crippen molar-refractivity contribution in [3.63, 3.8) is 0 Å². The average Bonchev–Trinajstić information content (AvgIpc) is 2.51. The van der Waals surface area contributed by atoms with E-state index in [2.05, 4.69) is 0 Å². The number of nitrogens with zero attached hydrogens (tertiary/aromatic N) is 2. The molecule has 1 aliphatic rings. The van der Waals surface area contributed by atoms with Crippen LogP contribution in [0.2, 0.25) is 0 Å². The second-order valence-electron chi connectivity index (χ2n) is 4.68. The van der Waals surface area contributed by atoms with Gasteiger partial charge in [0.25, 0.3) is 5.91 Å². The van der Waals surface area contributed by atoms with Crippen LogP contribution in [0.4, 0.5) is 5.69 Å². The van der Waals surface area contributed by atoms with Crippen molar-refractivity contribution in [3.8, 4) is 5.75 Å². The van der Waals surface area contributed by atoms with Crippen LogP contribution >= 0.6 is 0 Å². The maximum absolute atomic E-state index is 12.2. The summed E-state index contributed by atoms with van der Waals surface area (Å²) in [6.07, 6.45) is 0.698. The van der Waals surface area contributed by atoms with Crippen molar-refractivity contribution in [2.75, 3.05) is 31.1 Å². The van der Waals surface area contributed by atoms with Gasteiger partial charge in [0.1, 0.15) is 18.6 Å². The quantitative estimate of drug-likeness (QED) is 0.761. The molecular weight excluding hydrogens is 272 g/mol. The predicted octanol–water partition coefficient (Wildman–Crippen LogP) is 1.09. The average molecular weight is 290 g/mol. The molecule has 2 amide bonds. The predicted molar refractivity (Wildman–Crippen MR) is 77.6 cm³/mol. The monoisotopic (exact) mass is 290 g/mol. The zero-order valence-electron chi connectivity index (χ0n) is 12.2. The minimum absolute atomic E-state index is 0.0425. The van der Waals surface area contributed by atoms with Crippen LogP contribution in [0.3, 0.4) is 0 Å². The summed E-state index contributed by atoms with van der Waals surface area (Å²) in [6, 6.07) is 4.82. The van der Waals surface area contributed by atoms with Gasteiger partial charge in [0.2, 0.25) is 5.91 Å². The molecule has 1 aromatic carbocycles. The van der Waals surface area contributed by atoms with Crippen molar-refractivity contribution in [1.29, 1.82) is 0 Å². The summed E-state index contributed by atoms with van der Waals surface area (Å²) in [4.78, 5) is 38.2. The Labute approximate surface area is 123 Å². The van der Waals surface area contributed by atoms with Crippen molar-refractivity contribution in [1.82, 2.24) is 4.90 Å². The molecule has 0 saturated carbocycles. The Morgan fingerprint density at radius 3 is 2.71 bits per heavy atom. The summed E-state index contributed by atoms with van der Waals surface area (Å²) >= 11 is 0. The van der Waals surface area contributed by atoms with Crippen molar-refractivity contribution in [2.45, 2.75) is 13.8 Å². The zero-order chi connectivity index (χ0) is 15.4. The Hall–Kier alpha value is -2.37. The smallest absolute Gasteiger partial charge is 0.265 e. The molecule has 0 spiro atoms. The van der Waals surface area contributed by atoms with Crippen molar-refractivity contribution >= 4 is 23.8 Å². The van der Waals surface area contributed by atoms with E-state index in [1.165, 1.54) is 4.90 Å². The highest BCUT2D eigenvalue weighted by Crippen LogP contribution is 2.32. The van der Waals surface area contributed by atoms with E-state index in [1.807, 2.05) is 13.8 Å². The lowest BCUT2D eigenvalue weighted by Gasteiger charge is -2.30. The first-order chi connectivity index (χ1) is 10.1. The van der Waals surface area contributed by atoms with Gasteiger partial charge in [0.15, 0.2) is 6.61 Å². The molecule has 0 atom stereocenters. The fraction of sp³-hybridized carbons (Fsp3) is 0.400. The van der Waals surface area contributed by atoms with E-state index in [0.717, 1.165) is 0 Å². The number of carbonyl (C=O) groups excluding carboxylic acids is 3. The van der Waals surface area contributed by atoms with Gasteiger partial charge in [-0.25, -0.2) is 0 Å². The maximum Gasteiger partial charge on any atom is 0.265 e. The topological polar surface area (TPSA) is 66.9 Å². The summed E-state index contributed by atoms with van der Waals surface area (Å²) in [7, 11) is 0. The van der Waals surface area contributed by atoms with Gasteiger partial charge in [0, 0.05) is 18.7 Å². The SMILES string of the molecule is CCN(CC)C(=O)CN1C(=O)COc2ccc(C=O)cc21. The van der Waals surface area contributed by atoms with E-state index in [0.29, 0.717) is 36.4 Å². The third-order valence-corrected chi connectivity index (χ3v) is 3.47. The minimum Gasteiger partial charge on any atom is -0.482 e. The fourth-order valence-corrected chi connectivity index (χ4v) is 2.28. The Morgan fingerprint density at radius 1 is 1.38 bits per heavy atom. The summed E-state index contributed by atoms with van der Waals surface area (Å²) in [5, 5.41) is 0. The van der Waals surface area contributed by atoms with E-state index >= 15 is 0 Å². The Balaban J connectivity index is 2.29. The van der Waals surface area contributed by atoms with Gasteiger partial charge < -0.3 is 9.64 Å². The van der Waals surface area contributed by atoms with E-state index in [1.54, 1.807) is 23.1 Å². The highest BCUT2D eigenvalue weighted by molar-refractivity contribution is 6.02. The highest BCUT2D eigenvalue weighted by Gasteiger charge is 2.28. The molecule has 0 aliphatic carbocycles. The number of fused-ring (bicyclic) bond motifs is 1. The molecule has 2 rings (SSSR count). The summed E-state index contributed by atoms with van der Waals surface area (Å²) < 4.78 is 5.33. The highest BCUT2D eigenvalue weighted by atomic mass is 16.5. The molecule has 1 heterocycles. The van der Waals surface area contributed by atoms with Crippen LogP contribution in [0.1, 0.15) is 24.2 Å². The lowest BCUT2D eigenvalue weighted by Crippen LogP contribution is -2.46. The molecule has 0 radical (unpaired) electrons. The Kier molecular flexibility index (Phi) is 4.57. The molecule has 0 unspecified atom stereocenters. The molecule has 1 aliphatic heterocycles. The van der Waals surface area contributed by atoms with Crippen LogP contribution in [0.15, 0.2) is 18.2 Å². The largest absolute Gasteiger partial charge is 0.482 e. The first-order valence-electron chi connectivity index (χ1n) is 6.90. The van der Waals surface area contributed by atoms with Gasteiger partial charge in [-0.15, -0.1) is 0 Å². The number of hydrogen-bond donors (Lipinski definition) is 0. The van der Waals surface area contributed by atoms with Gasteiger partial charge in [0.05, 0.1) is 5.69 Å². The number of amides is 2. The van der Waals surface area contributed by atoms with E-state index in [-0.39, 0.29) is 25.0 Å². The Morgan fingerprint density at radius 2 is 2.10 bits per heavy atom. The number of carbonyl (C=O) groups is 3. The summed E-state index contributed by atoms with van der Waals surface area (Å²) in [5.74, 6) is 0.0938. The number of anilines is 1. The van der Waals surface area contributed by atoms with E-state index in [9.17, 15) is 14.4 Å². The van der Waals surface area contributed by atoms with Crippen LogP contribution in [0, 0.1) is 0 Å². The van der Waals surface area contributed by atoms with Gasteiger partial charge in [-0.3, -0.25) is 19.3 Å². The molecule has 0 aromatic heterocycles. The molecule has 21 heavy (non-hydrogen) atoms. The van der Waals surface area contributed by atoms with E-state index in [4.69, 9.17) is 4.74 Å². The van der Waals surface area contributed by atoms with Gasteiger partial charge in [-0.1, -0.05) is 0 Å². The third kappa shape index (κ3) is 3.04. The standard InChI is InChI=1S/C15H18N2O4/c1-3-16(4-2)14(19)8-17-12-7-11(9-18)5-6-13(12)21-10-15(17)20/h5-7,9H,3-4,8,10H2,1-2H3. The molecule has 1 aromatic rings. The summed E-state index contributed by atoms with van der Waals surface area (Å²) in [5.41, 5.74) is 0.906. The molecule has 0 fully saturated rings. The second kappa shape index (κ2) is 6.39. The molecule has 0 saturated heterocycles. The van der Waals surface area contributed by atoms with Gasteiger partial charge >= 0.3 is 0 Å². The number of benzene rings is 1. The molecule has 6 heteroatoms. The lowest BCUT2D eigenvalue weighted by molar-refractivity contribution is -0.131. The van der Waals surface area contributed by atoms with Crippen LogP contribution in [-0.4, -0.2) is 49.2 Å². The number of aldehydes is 1. The Bertz CT molecular complexity index is 567. The van der Waals surface area contributed by atoms with Crippen molar-refractivity contribution in [2.24, 2.45) is 0 Å². The van der Waals surface area contributed by atoms with Crippen LogP contribution in [0.5, 0.6) is 5.75 Å². The molecule has 112 valence electrons. The lowest BCUT2D eigenvalue weighted by atomic mass is 10.1. The van der Waals surface area contributed by atoms with E-state index < -0.39 is 0 Å². The third-order valence-electron chi connectivity index (χ3n) is 3.47. The van der Waals surface area contributed by atoms with Crippen LogP contribution in [-0.2, 0) is 9.59 Å². The zero-order valence-corrected chi connectivity index (χ0v) is 12.2. The minimum atomic E-state index is -0.286. The fourth-order valence-electron chi connectivity index (χ4n) is 2.28. The second-order valence-corrected chi connectivity index (χ2v) is 4.68. The number of rotatable bonds is 5. The maximum atomic E-state index is 12.2. The first kappa shape index (κ1) is 15.0. The normalized spacial score (nSPS) is 13.4. The molecular formula is C15H18N2O4. The first-order valence-corrected chi connectivity index (χ1v) is 6.90. The number of hydrogen-bond acceptors (Lipinski definition) is 4. The van der Waals surface area contributed by atoms with Crippen LogP contribution < -0.4 is 9.64 Å². The summed E-state index contributed by atoms with van der Waals surface area (Å²) in [6.45, 7) is 4.82. The molecule has 0 bridgehead atoms. The molecule has 6 nitrogen and oxygen atoms in total. The molecule has 0 N–H and O–H groups in total. The number of ether oxygens (including phenoxy) is 1. The van der Waals surface area contributed by atoms with Crippen LogP contribution in [0.25, 0.3) is 0 Å². The number of likely N-dealkylation sites (N-methyl/N-ethyl adjacent to an activating group) is 1. The van der Waals surface area contributed by atoms with Crippen molar-refractivity contribution < 1.29 is 19.1 Å². The van der Waals surface area contributed by atoms with Crippen molar-refractivity contribution in [3.05, 3.63) is 23.8 Å².